The quantitative estimate of drug-likeness (QED) is 0.908. The summed E-state index contributed by atoms with van der Waals surface area (Å²) in [6.07, 6.45) is 5.29. The summed E-state index contributed by atoms with van der Waals surface area (Å²) in [4.78, 5) is 4.40. The first-order chi connectivity index (χ1) is 9.15. The molecule has 106 valence electrons. The van der Waals surface area contributed by atoms with Crippen LogP contribution in [0, 0.1) is 11.8 Å². The van der Waals surface area contributed by atoms with Gasteiger partial charge in [0.15, 0.2) is 11.5 Å². The normalized spacial score (nSPS) is 27.1. The average molecular weight is 265 g/mol. The van der Waals surface area contributed by atoms with Crippen molar-refractivity contribution in [1.29, 1.82) is 0 Å². The summed E-state index contributed by atoms with van der Waals surface area (Å²) >= 11 is 0. The van der Waals surface area contributed by atoms with Crippen molar-refractivity contribution in [3.05, 3.63) is 18.0 Å². The van der Waals surface area contributed by atoms with Crippen molar-refractivity contribution < 1.29 is 14.6 Å². The van der Waals surface area contributed by atoms with Crippen LogP contribution in [0.2, 0.25) is 0 Å². The molecule has 0 saturated heterocycles. The van der Waals surface area contributed by atoms with E-state index in [2.05, 4.69) is 11.9 Å². The predicted molar refractivity (Wildman–Crippen MR) is 73.6 cm³/mol. The molecular formula is C15H23NO3. The molecule has 1 aliphatic rings. The molecule has 0 bridgehead atoms. The minimum atomic E-state index is -0.228. The maximum atomic E-state index is 10.1. The number of hydrogen-bond acceptors (Lipinski definition) is 4. The Morgan fingerprint density at radius 3 is 2.79 bits per heavy atom. The van der Waals surface area contributed by atoms with Crippen LogP contribution >= 0.6 is 0 Å². The lowest BCUT2D eigenvalue weighted by molar-refractivity contribution is 0.0511. The van der Waals surface area contributed by atoms with Gasteiger partial charge in [0, 0.05) is 12.3 Å². The molecule has 0 aliphatic heterocycles. The number of ether oxygens (including phenoxy) is 2. The van der Waals surface area contributed by atoms with Crippen molar-refractivity contribution in [3.63, 3.8) is 0 Å². The molecule has 4 heteroatoms. The van der Waals surface area contributed by atoms with Crippen LogP contribution in [0.5, 0.6) is 11.5 Å². The van der Waals surface area contributed by atoms with E-state index in [0.717, 1.165) is 31.4 Å². The van der Waals surface area contributed by atoms with Crippen molar-refractivity contribution >= 4 is 0 Å². The molecule has 1 saturated carbocycles. The molecule has 0 amide bonds. The monoisotopic (exact) mass is 265 g/mol. The fourth-order valence-corrected chi connectivity index (χ4v) is 2.95. The molecule has 0 spiro atoms. The van der Waals surface area contributed by atoms with Gasteiger partial charge in [-0.1, -0.05) is 6.92 Å². The number of rotatable bonds is 4. The van der Waals surface area contributed by atoms with Crippen LogP contribution in [0.15, 0.2) is 12.3 Å². The molecule has 3 unspecified atom stereocenters. The Kier molecular flexibility index (Phi) is 4.64. The first kappa shape index (κ1) is 14.1. The standard InChI is InChI=1S/C15H23NO3/c1-10-4-5-13(17)11(8-10)9-12-15(19-3)14(18-2)6-7-16-12/h6-7,10-11,13,17H,4-5,8-9H2,1-3H3. The van der Waals surface area contributed by atoms with Gasteiger partial charge in [-0.05, 0) is 37.5 Å². The second kappa shape index (κ2) is 6.24. The topological polar surface area (TPSA) is 51.6 Å². The molecule has 0 radical (unpaired) electrons. The molecule has 1 N–H and O–H groups in total. The highest BCUT2D eigenvalue weighted by Crippen LogP contribution is 2.35. The fraction of sp³-hybridized carbons (Fsp3) is 0.667. The number of aromatic nitrogens is 1. The number of aliphatic hydroxyl groups excluding tert-OH is 1. The highest BCUT2D eigenvalue weighted by molar-refractivity contribution is 5.42. The van der Waals surface area contributed by atoms with E-state index in [1.165, 1.54) is 0 Å². The number of hydrogen-bond donors (Lipinski definition) is 1. The Morgan fingerprint density at radius 1 is 1.32 bits per heavy atom. The van der Waals surface area contributed by atoms with Gasteiger partial charge in [0.1, 0.15) is 0 Å². The zero-order chi connectivity index (χ0) is 13.8. The maximum absolute atomic E-state index is 10.1. The summed E-state index contributed by atoms with van der Waals surface area (Å²) in [6.45, 7) is 2.25. The molecular weight excluding hydrogens is 242 g/mol. The summed E-state index contributed by atoms with van der Waals surface area (Å²) in [6, 6.07) is 1.79. The molecule has 2 rings (SSSR count). The lowest BCUT2D eigenvalue weighted by Crippen LogP contribution is -2.30. The largest absolute Gasteiger partial charge is 0.493 e. The Bertz CT molecular complexity index is 422. The second-order valence-electron chi connectivity index (χ2n) is 5.44. The van der Waals surface area contributed by atoms with E-state index in [4.69, 9.17) is 9.47 Å². The maximum Gasteiger partial charge on any atom is 0.182 e. The molecule has 0 aromatic carbocycles. The SMILES string of the molecule is COc1ccnc(CC2CC(C)CCC2O)c1OC. The number of methoxy groups -OCH3 is 2. The van der Waals surface area contributed by atoms with Gasteiger partial charge in [-0.25, -0.2) is 0 Å². The first-order valence-electron chi connectivity index (χ1n) is 6.89. The molecule has 1 aromatic heterocycles. The Hall–Kier alpha value is -1.29. The minimum Gasteiger partial charge on any atom is -0.493 e. The van der Waals surface area contributed by atoms with Crippen LogP contribution in [-0.2, 0) is 6.42 Å². The van der Waals surface area contributed by atoms with E-state index in [1.807, 2.05) is 0 Å². The minimum absolute atomic E-state index is 0.228. The summed E-state index contributed by atoms with van der Waals surface area (Å²) < 4.78 is 10.7. The molecule has 4 nitrogen and oxygen atoms in total. The summed E-state index contributed by atoms with van der Waals surface area (Å²) in [5.74, 6) is 2.32. The third-order valence-electron chi connectivity index (χ3n) is 4.03. The second-order valence-corrected chi connectivity index (χ2v) is 5.44. The highest BCUT2D eigenvalue weighted by atomic mass is 16.5. The fourth-order valence-electron chi connectivity index (χ4n) is 2.95. The van der Waals surface area contributed by atoms with Gasteiger partial charge in [0.05, 0.1) is 26.0 Å². The number of pyridine rings is 1. The van der Waals surface area contributed by atoms with Gasteiger partial charge >= 0.3 is 0 Å². The van der Waals surface area contributed by atoms with Crippen molar-refractivity contribution in [1.82, 2.24) is 4.98 Å². The zero-order valence-electron chi connectivity index (χ0n) is 11.9. The molecule has 3 atom stereocenters. The smallest absolute Gasteiger partial charge is 0.182 e. The third-order valence-corrected chi connectivity index (χ3v) is 4.03. The van der Waals surface area contributed by atoms with E-state index < -0.39 is 0 Å². The van der Waals surface area contributed by atoms with Crippen LogP contribution < -0.4 is 9.47 Å². The summed E-state index contributed by atoms with van der Waals surface area (Å²) in [7, 11) is 3.25. The van der Waals surface area contributed by atoms with Crippen LogP contribution in [0.4, 0.5) is 0 Å². The van der Waals surface area contributed by atoms with Crippen LogP contribution in [0.3, 0.4) is 0 Å². The van der Waals surface area contributed by atoms with Crippen molar-refractivity contribution in [2.45, 2.75) is 38.7 Å². The van der Waals surface area contributed by atoms with E-state index in [1.54, 1.807) is 26.5 Å². The van der Waals surface area contributed by atoms with Crippen molar-refractivity contribution in [2.75, 3.05) is 14.2 Å². The molecule has 1 aromatic rings. The van der Waals surface area contributed by atoms with Crippen molar-refractivity contribution in [2.24, 2.45) is 11.8 Å². The van der Waals surface area contributed by atoms with Crippen LogP contribution in [0.1, 0.15) is 31.9 Å². The molecule has 1 fully saturated rings. The van der Waals surface area contributed by atoms with Gasteiger partial charge < -0.3 is 14.6 Å². The lowest BCUT2D eigenvalue weighted by Gasteiger charge is -2.31. The van der Waals surface area contributed by atoms with Crippen molar-refractivity contribution in [3.8, 4) is 11.5 Å². The lowest BCUT2D eigenvalue weighted by atomic mass is 9.78. The molecule has 1 aliphatic carbocycles. The molecule has 19 heavy (non-hydrogen) atoms. The Morgan fingerprint density at radius 2 is 2.11 bits per heavy atom. The predicted octanol–water partition coefficient (Wildman–Crippen LogP) is 2.44. The van der Waals surface area contributed by atoms with E-state index in [-0.39, 0.29) is 12.0 Å². The third kappa shape index (κ3) is 3.18. The highest BCUT2D eigenvalue weighted by Gasteiger charge is 2.28. The zero-order valence-corrected chi connectivity index (χ0v) is 11.9. The van der Waals surface area contributed by atoms with Gasteiger partial charge in [-0.2, -0.15) is 0 Å². The summed E-state index contributed by atoms with van der Waals surface area (Å²) in [5, 5.41) is 10.1. The van der Waals surface area contributed by atoms with Gasteiger partial charge in [0.25, 0.3) is 0 Å². The van der Waals surface area contributed by atoms with Crippen LogP contribution in [-0.4, -0.2) is 30.4 Å². The van der Waals surface area contributed by atoms with Gasteiger partial charge in [0.2, 0.25) is 0 Å². The number of nitrogens with zero attached hydrogens (tertiary/aromatic N) is 1. The number of aliphatic hydroxyl groups is 1. The van der Waals surface area contributed by atoms with E-state index in [0.29, 0.717) is 17.4 Å². The molecule has 1 heterocycles. The Labute approximate surface area is 114 Å². The van der Waals surface area contributed by atoms with E-state index >= 15 is 0 Å². The van der Waals surface area contributed by atoms with Gasteiger partial charge in [-0.3, -0.25) is 4.98 Å². The Balaban J connectivity index is 2.18. The average Bonchev–Trinajstić information content (AvgIpc) is 2.42. The summed E-state index contributed by atoms with van der Waals surface area (Å²) in [5.41, 5.74) is 0.875. The first-order valence-corrected chi connectivity index (χ1v) is 6.89. The van der Waals surface area contributed by atoms with Gasteiger partial charge in [-0.15, -0.1) is 0 Å². The van der Waals surface area contributed by atoms with E-state index in [9.17, 15) is 5.11 Å². The van der Waals surface area contributed by atoms with Crippen LogP contribution in [0.25, 0.3) is 0 Å².